The standard InChI is InChI=1S/C18H14N6O/c19-15(25)12-6-8-14(9-7-12)21-16-18-23-22-17(24(18)11-10-20-16)13-4-2-1-3-5-13/h1-11H,(H2,19,25)(H,20,21). The van der Waals surface area contributed by atoms with Crippen LogP contribution in [0.25, 0.3) is 17.0 Å². The lowest BCUT2D eigenvalue weighted by atomic mass is 10.2. The number of amides is 1. The molecule has 3 N–H and O–H groups in total. The number of hydrogen-bond acceptors (Lipinski definition) is 5. The quantitative estimate of drug-likeness (QED) is 0.599. The Labute approximate surface area is 143 Å². The number of nitrogens with zero attached hydrogens (tertiary/aromatic N) is 4. The second-order valence-corrected chi connectivity index (χ2v) is 5.43. The Morgan fingerprint density at radius 2 is 1.76 bits per heavy atom. The molecule has 4 aromatic rings. The molecule has 7 nitrogen and oxygen atoms in total. The number of nitrogens with two attached hydrogens (primary N) is 1. The molecule has 2 heterocycles. The number of hydrogen-bond donors (Lipinski definition) is 2. The summed E-state index contributed by atoms with van der Waals surface area (Å²) in [6.45, 7) is 0. The van der Waals surface area contributed by atoms with Crippen molar-refractivity contribution in [2.75, 3.05) is 5.32 Å². The fourth-order valence-electron chi connectivity index (χ4n) is 2.55. The highest BCUT2D eigenvalue weighted by molar-refractivity contribution is 5.93. The average molecular weight is 330 g/mol. The highest BCUT2D eigenvalue weighted by Gasteiger charge is 2.12. The van der Waals surface area contributed by atoms with Crippen molar-refractivity contribution >= 4 is 23.1 Å². The number of aromatic nitrogens is 4. The lowest BCUT2D eigenvalue weighted by Gasteiger charge is -2.07. The number of nitrogens with one attached hydrogen (secondary N) is 1. The Morgan fingerprint density at radius 1 is 1.00 bits per heavy atom. The molecule has 1 amide bonds. The normalized spacial score (nSPS) is 10.7. The van der Waals surface area contributed by atoms with E-state index in [1.165, 1.54) is 0 Å². The van der Waals surface area contributed by atoms with Crippen molar-refractivity contribution in [2.24, 2.45) is 5.73 Å². The first kappa shape index (κ1) is 14.8. The minimum absolute atomic E-state index is 0.450. The summed E-state index contributed by atoms with van der Waals surface area (Å²) >= 11 is 0. The number of carbonyl (C=O) groups excluding carboxylic acids is 1. The zero-order chi connectivity index (χ0) is 17.2. The second kappa shape index (κ2) is 6.04. The van der Waals surface area contributed by atoms with E-state index in [-0.39, 0.29) is 0 Å². The van der Waals surface area contributed by atoms with Crippen LogP contribution in [-0.4, -0.2) is 25.5 Å². The minimum atomic E-state index is -0.461. The predicted octanol–water partition coefficient (Wildman–Crippen LogP) is 2.63. The number of fused-ring (bicyclic) bond motifs is 1. The summed E-state index contributed by atoms with van der Waals surface area (Å²) in [4.78, 5) is 15.5. The van der Waals surface area contributed by atoms with Crippen molar-refractivity contribution in [3.05, 3.63) is 72.6 Å². The van der Waals surface area contributed by atoms with Gasteiger partial charge in [0.2, 0.25) is 11.6 Å². The molecule has 0 saturated carbocycles. The Balaban J connectivity index is 1.71. The highest BCUT2D eigenvalue weighted by Crippen LogP contribution is 2.23. The largest absolute Gasteiger partial charge is 0.366 e. The lowest BCUT2D eigenvalue weighted by Crippen LogP contribution is -2.10. The monoisotopic (exact) mass is 330 g/mol. The zero-order valence-corrected chi connectivity index (χ0v) is 13.1. The molecule has 0 fully saturated rings. The molecule has 0 spiro atoms. The van der Waals surface area contributed by atoms with E-state index < -0.39 is 5.91 Å². The van der Waals surface area contributed by atoms with Crippen LogP contribution in [0.3, 0.4) is 0 Å². The Kier molecular flexibility index (Phi) is 3.59. The van der Waals surface area contributed by atoms with Gasteiger partial charge < -0.3 is 11.1 Å². The first-order valence-electron chi connectivity index (χ1n) is 7.64. The third-order valence-corrected chi connectivity index (χ3v) is 3.79. The number of rotatable bonds is 4. The summed E-state index contributed by atoms with van der Waals surface area (Å²) in [7, 11) is 0. The average Bonchev–Trinajstić information content (AvgIpc) is 3.08. The van der Waals surface area contributed by atoms with E-state index in [0.29, 0.717) is 17.0 Å². The van der Waals surface area contributed by atoms with Crippen molar-refractivity contribution in [1.82, 2.24) is 19.6 Å². The van der Waals surface area contributed by atoms with Crippen LogP contribution in [0.1, 0.15) is 10.4 Å². The van der Waals surface area contributed by atoms with Gasteiger partial charge in [-0.1, -0.05) is 30.3 Å². The summed E-state index contributed by atoms with van der Waals surface area (Å²) in [5, 5.41) is 11.7. The summed E-state index contributed by atoms with van der Waals surface area (Å²) < 4.78 is 1.88. The molecule has 0 aliphatic carbocycles. The first-order valence-corrected chi connectivity index (χ1v) is 7.64. The molecule has 2 aromatic carbocycles. The van der Waals surface area contributed by atoms with Gasteiger partial charge in [-0.15, -0.1) is 10.2 Å². The molecular weight excluding hydrogens is 316 g/mol. The van der Waals surface area contributed by atoms with Crippen LogP contribution in [0.15, 0.2) is 67.0 Å². The number of carbonyl (C=O) groups is 1. The van der Waals surface area contributed by atoms with E-state index in [4.69, 9.17) is 5.73 Å². The first-order chi connectivity index (χ1) is 12.2. The molecule has 0 unspecified atom stereocenters. The number of anilines is 2. The Hall–Kier alpha value is -3.74. The van der Waals surface area contributed by atoms with Crippen molar-refractivity contribution in [3.8, 4) is 11.4 Å². The van der Waals surface area contributed by atoms with E-state index in [1.807, 2.05) is 40.9 Å². The SMILES string of the molecule is NC(=O)c1ccc(Nc2nccn3c(-c4ccccc4)nnc23)cc1. The lowest BCUT2D eigenvalue weighted by molar-refractivity contribution is 0.100. The van der Waals surface area contributed by atoms with Gasteiger partial charge in [0.05, 0.1) is 0 Å². The number of benzene rings is 2. The number of primary amides is 1. The molecule has 2 aromatic heterocycles. The van der Waals surface area contributed by atoms with Crippen molar-refractivity contribution < 1.29 is 4.79 Å². The van der Waals surface area contributed by atoms with Gasteiger partial charge in [0.25, 0.3) is 0 Å². The molecule has 7 heteroatoms. The smallest absolute Gasteiger partial charge is 0.248 e. The molecular formula is C18H14N6O. The van der Waals surface area contributed by atoms with E-state index in [9.17, 15) is 4.79 Å². The van der Waals surface area contributed by atoms with Gasteiger partial charge in [0.15, 0.2) is 11.6 Å². The van der Waals surface area contributed by atoms with Gasteiger partial charge in [-0.05, 0) is 24.3 Å². The van der Waals surface area contributed by atoms with Gasteiger partial charge in [0, 0.05) is 29.2 Å². The van der Waals surface area contributed by atoms with Crippen molar-refractivity contribution in [3.63, 3.8) is 0 Å². The summed E-state index contributed by atoms with van der Waals surface area (Å²) in [6.07, 6.45) is 3.50. The molecule has 0 aliphatic rings. The van der Waals surface area contributed by atoms with Crippen LogP contribution >= 0.6 is 0 Å². The third-order valence-electron chi connectivity index (χ3n) is 3.79. The van der Waals surface area contributed by atoms with E-state index in [0.717, 1.165) is 17.1 Å². The van der Waals surface area contributed by atoms with Crippen molar-refractivity contribution in [2.45, 2.75) is 0 Å². The predicted molar refractivity (Wildman–Crippen MR) is 94.5 cm³/mol. The topological polar surface area (TPSA) is 98.2 Å². The van der Waals surface area contributed by atoms with Crippen LogP contribution in [0.5, 0.6) is 0 Å². The molecule has 0 aliphatic heterocycles. The van der Waals surface area contributed by atoms with Gasteiger partial charge in [0.1, 0.15) is 0 Å². The van der Waals surface area contributed by atoms with Crippen LogP contribution in [0.4, 0.5) is 11.5 Å². The fourth-order valence-corrected chi connectivity index (χ4v) is 2.55. The molecule has 0 bridgehead atoms. The van der Waals surface area contributed by atoms with Gasteiger partial charge in [-0.2, -0.15) is 0 Å². The maximum Gasteiger partial charge on any atom is 0.248 e. The molecule has 0 atom stereocenters. The molecule has 25 heavy (non-hydrogen) atoms. The van der Waals surface area contributed by atoms with E-state index in [1.54, 1.807) is 30.5 Å². The molecule has 0 radical (unpaired) electrons. The van der Waals surface area contributed by atoms with Crippen LogP contribution in [0, 0.1) is 0 Å². The van der Waals surface area contributed by atoms with Gasteiger partial charge in [-0.3, -0.25) is 9.20 Å². The second-order valence-electron chi connectivity index (χ2n) is 5.43. The van der Waals surface area contributed by atoms with E-state index >= 15 is 0 Å². The van der Waals surface area contributed by atoms with Crippen molar-refractivity contribution in [1.29, 1.82) is 0 Å². The summed E-state index contributed by atoms with van der Waals surface area (Å²) in [5.74, 6) is 0.853. The summed E-state index contributed by atoms with van der Waals surface area (Å²) in [5.41, 5.74) is 8.06. The summed E-state index contributed by atoms with van der Waals surface area (Å²) in [6, 6.07) is 16.7. The maximum atomic E-state index is 11.2. The minimum Gasteiger partial charge on any atom is -0.366 e. The van der Waals surface area contributed by atoms with E-state index in [2.05, 4.69) is 20.5 Å². The Morgan fingerprint density at radius 3 is 2.48 bits per heavy atom. The van der Waals surface area contributed by atoms with Crippen LogP contribution < -0.4 is 11.1 Å². The molecule has 4 rings (SSSR count). The van der Waals surface area contributed by atoms with Crippen LogP contribution in [0.2, 0.25) is 0 Å². The molecule has 122 valence electrons. The third kappa shape index (κ3) is 2.78. The fraction of sp³-hybridized carbons (Fsp3) is 0. The van der Waals surface area contributed by atoms with Crippen LogP contribution in [-0.2, 0) is 0 Å². The Bertz CT molecular complexity index is 1040. The zero-order valence-electron chi connectivity index (χ0n) is 13.1. The molecule has 0 saturated heterocycles. The highest BCUT2D eigenvalue weighted by atomic mass is 16.1. The maximum absolute atomic E-state index is 11.2. The van der Waals surface area contributed by atoms with Gasteiger partial charge >= 0.3 is 0 Å². The van der Waals surface area contributed by atoms with Gasteiger partial charge in [-0.25, -0.2) is 4.98 Å².